The maximum atomic E-state index is 13.1. The minimum Gasteiger partial charge on any atom is -0.463 e. The summed E-state index contributed by atoms with van der Waals surface area (Å²) in [6.45, 7) is 1.98. The van der Waals surface area contributed by atoms with Crippen LogP contribution in [0.5, 0.6) is 0 Å². The Labute approximate surface area is 114 Å². The van der Waals surface area contributed by atoms with Gasteiger partial charge < -0.3 is 9.52 Å². The Balaban J connectivity index is 2.15. The predicted molar refractivity (Wildman–Crippen MR) is 70.8 cm³/mol. The van der Waals surface area contributed by atoms with E-state index in [9.17, 15) is 9.50 Å². The average molecular weight is 313 g/mol. The van der Waals surface area contributed by atoms with Crippen molar-refractivity contribution in [3.63, 3.8) is 0 Å². The van der Waals surface area contributed by atoms with Gasteiger partial charge in [-0.05, 0) is 35.9 Å². The zero-order valence-corrected chi connectivity index (χ0v) is 11.6. The van der Waals surface area contributed by atoms with Crippen LogP contribution in [0.1, 0.15) is 30.1 Å². The smallest absolute Gasteiger partial charge is 0.133 e. The van der Waals surface area contributed by atoms with Crippen LogP contribution in [0.3, 0.4) is 0 Å². The van der Waals surface area contributed by atoms with Crippen LogP contribution in [0, 0.1) is 5.82 Å². The first kappa shape index (κ1) is 13.3. The summed E-state index contributed by atoms with van der Waals surface area (Å²) in [6, 6.07) is 8.03. The number of furan rings is 1. The van der Waals surface area contributed by atoms with Crippen LogP contribution < -0.4 is 0 Å². The molecule has 1 atom stereocenters. The van der Waals surface area contributed by atoms with Gasteiger partial charge in [-0.1, -0.05) is 22.9 Å². The summed E-state index contributed by atoms with van der Waals surface area (Å²) in [5.41, 5.74) is 0.719. The number of hydrogen-bond donors (Lipinski definition) is 1. The molecule has 0 aliphatic rings. The Morgan fingerprint density at radius 3 is 2.78 bits per heavy atom. The highest BCUT2D eigenvalue weighted by molar-refractivity contribution is 9.10. The molecule has 0 radical (unpaired) electrons. The Kier molecular flexibility index (Phi) is 4.19. The van der Waals surface area contributed by atoms with E-state index in [-0.39, 0.29) is 5.82 Å². The maximum absolute atomic E-state index is 13.1. The zero-order chi connectivity index (χ0) is 13.1. The van der Waals surface area contributed by atoms with Gasteiger partial charge >= 0.3 is 0 Å². The highest BCUT2D eigenvalue weighted by atomic mass is 79.9. The van der Waals surface area contributed by atoms with Crippen LogP contribution in [-0.4, -0.2) is 5.11 Å². The van der Waals surface area contributed by atoms with E-state index >= 15 is 0 Å². The third kappa shape index (κ3) is 3.00. The molecular formula is C14H14BrFO2. The molecule has 1 N–H and O–H groups in total. The summed E-state index contributed by atoms with van der Waals surface area (Å²) in [4.78, 5) is 0. The van der Waals surface area contributed by atoms with Gasteiger partial charge in [0, 0.05) is 17.3 Å². The van der Waals surface area contributed by atoms with Gasteiger partial charge in [0.25, 0.3) is 0 Å². The van der Waals surface area contributed by atoms with Gasteiger partial charge in [-0.25, -0.2) is 4.39 Å². The molecule has 4 heteroatoms. The van der Waals surface area contributed by atoms with Crippen molar-refractivity contribution in [2.24, 2.45) is 0 Å². The molecule has 1 unspecified atom stereocenters. The molecule has 18 heavy (non-hydrogen) atoms. The molecule has 96 valence electrons. The standard InChI is InChI=1S/C14H14BrFO2/c1-2-11-4-6-14(18-11)13(17)8-9-7-10(16)3-5-12(9)15/h3-7,13,17H,2,8H2,1H3. The van der Waals surface area contributed by atoms with E-state index in [0.717, 1.165) is 22.2 Å². The van der Waals surface area contributed by atoms with E-state index in [0.29, 0.717) is 12.2 Å². The van der Waals surface area contributed by atoms with Crippen LogP contribution in [0.2, 0.25) is 0 Å². The van der Waals surface area contributed by atoms with Crippen molar-refractivity contribution in [2.45, 2.75) is 25.9 Å². The third-order valence-electron chi connectivity index (χ3n) is 2.78. The molecule has 2 aromatic rings. The fourth-order valence-corrected chi connectivity index (χ4v) is 2.18. The highest BCUT2D eigenvalue weighted by Gasteiger charge is 2.15. The molecule has 0 aliphatic heterocycles. The Hall–Kier alpha value is -1.13. The molecule has 0 bridgehead atoms. The second-order valence-electron chi connectivity index (χ2n) is 4.11. The molecule has 2 nitrogen and oxygen atoms in total. The van der Waals surface area contributed by atoms with Crippen molar-refractivity contribution in [3.8, 4) is 0 Å². The number of aliphatic hydroxyl groups excluding tert-OH is 1. The molecule has 1 heterocycles. The monoisotopic (exact) mass is 312 g/mol. The lowest BCUT2D eigenvalue weighted by Crippen LogP contribution is -2.01. The molecule has 0 aliphatic carbocycles. The molecule has 2 rings (SSSR count). The minimum atomic E-state index is -0.761. The normalized spacial score (nSPS) is 12.7. The van der Waals surface area contributed by atoms with Crippen molar-refractivity contribution >= 4 is 15.9 Å². The van der Waals surface area contributed by atoms with Crippen LogP contribution >= 0.6 is 15.9 Å². The first-order valence-corrected chi connectivity index (χ1v) is 6.60. The van der Waals surface area contributed by atoms with E-state index in [1.807, 2.05) is 13.0 Å². The molecule has 1 aromatic carbocycles. The van der Waals surface area contributed by atoms with Gasteiger partial charge in [-0.15, -0.1) is 0 Å². The maximum Gasteiger partial charge on any atom is 0.133 e. The van der Waals surface area contributed by atoms with Crippen molar-refractivity contribution in [1.29, 1.82) is 0 Å². The lowest BCUT2D eigenvalue weighted by Gasteiger charge is -2.09. The fraction of sp³-hybridized carbons (Fsp3) is 0.286. The lowest BCUT2D eigenvalue weighted by atomic mass is 10.1. The summed E-state index contributed by atoms with van der Waals surface area (Å²) < 4.78 is 19.4. The highest BCUT2D eigenvalue weighted by Crippen LogP contribution is 2.25. The second-order valence-corrected chi connectivity index (χ2v) is 4.97. The topological polar surface area (TPSA) is 33.4 Å². The van der Waals surface area contributed by atoms with Gasteiger partial charge in [-0.2, -0.15) is 0 Å². The first-order valence-electron chi connectivity index (χ1n) is 5.80. The summed E-state index contributed by atoms with van der Waals surface area (Å²) in [5.74, 6) is 1.04. The van der Waals surface area contributed by atoms with Crippen LogP contribution in [0.15, 0.2) is 39.2 Å². The summed E-state index contributed by atoms with van der Waals surface area (Å²) in [5, 5.41) is 10.1. The molecule has 1 aromatic heterocycles. The number of halogens is 2. The van der Waals surface area contributed by atoms with Gasteiger partial charge in [0.15, 0.2) is 0 Å². The van der Waals surface area contributed by atoms with E-state index < -0.39 is 6.10 Å². The number of aryl methyl sites for hydroxylation is 1. The number of aliphatic hydroxyl groups is 1. The number of rotatable bonds is 4. The van der Waals surface area contributed by atoms with Crippen molar-refractivity contribution in [3.05, 3.63) is 57.7 Å². The third-order valence-corrected chi connectivity index (χ3v) is 3.55. The van der Waals surface area contributed by atoms with Gasteiger partial charge in [0.2, 0.25) is 0 Å². The fourth-order valence-electron chi connectivity index (χ4n) is 1.77. The van der Waals surface area contributed by atoms with Gasteiger partial charge in [-0.3, -0.25) is 0 Å². The molecule has 0 fully saturated rings. The molecule has 0 amide bonds. The first-order chi connectivity index (χ1) is 8.60. The lowest BCUT2D eigenvalue weighted by molar-refractivity contribution is 0.148. The number of benzene rings is 1. The molecular weight excluding hydrogens is 299 g/mol. The van der Waals surface area contributed by atoms with E-state index in [2.05, 4.69) is 15.9 Å². The Bertz CT molecular complexity index is 536. The predicted octanol–water partition coefficient (Wildman–Crippen LogP) is 4.02. The second kappa shape index (κ2) is 5.67. The van der Waals surface area contributed by atoms with Gasteiger partial charge in [0.1, 0.15) is 23.4 Å². The average Bonchev–Trinajstić information content (AvgIpc) is 2.82. The quantitative estimate of drug-likeness (QED) is 0.925. The summed E-state index contributed by atoms with van der Waals surface area (Å²) in [6.07, 6.45) is 0.342. The van der Waals surface area contributed by atoms with Crippen molar-refractivity contribution in [2.75, 3.05) is 0 Å². The zero-order valence-electron chi connectivity index (χ0n) is 9.99. The largest absolute Gasteiger partial charge is 0.463 e. The van der Waals surface area contributed by atoms with Crippen LogP contribution in [-0.2, 0) is 12.8 Å². The summed E-state index contributed by atoms with van der Waals surface area (Å²) in [7, 11) is 0. The molecule has 0 saturated heterocycles. The van der Waals surface area contributed by atoms with Gasteiger partial charge in [0.05, 0.1) is 0 Å². The van der Waals surface area contributed by atoms with E-state index in [1.54, 1.807) is 12.1 Å². The van der Waals surface area contributed by atoms with Crippen molar-refractivity contribution in [1.82, 2.24) is 0 Å². The number of hydrogen-bond acceptors (Lipinski definition) is 2. The van der Waals surface area contributed by atoms with Crippen LogP contribution in [0.25, 0.3) is 0 Å². The molecule has 0 spiro atoms. The Morgan fingerprint density at radius 1 is 1.33 bits per heavy atom. The van der Waals surface area contributed by atoms with Crippen molar-refractivity contribution < 1.29 is 13.9 Å². The van der Waals surface area contributed by atoms with E-state index in [1.165, 1.54) is 12.1 Å². The SMILES string of the molecule is CCc1ccc(C(O)Cc2cc(F)ccc2Br)o1. The Morgan fingerprint density at radius 2 is 2.11 bits per heavy atom. The summed E-state index contributed by atoms with van der Waals surface area (Å²) >= 11 is 3.34. The van der Waals surface area contributed by atoms with E-state index in [4.69, 9.17) is 4.42 Å². The molecule has 0 saturated carbocycles. The minimum absolute atomic E-state index is 0.311. The van der Waals surface area contributed by atoms with Crippen LogP contribution in [0.4, 0.5) is 4.39 Å².